The first-order valence-corrected chi connectivity index (χ1v) is 7.49. The van der Waals surface area contributed by atoms with Crippen molar-refractivity contribution in [3.63, 3.8) is 0 Å². The lowest BCUT2D eigenvalue weighted by molar-refractivity contribution is -0.0765. The highest BCUT2D eigenvalue weighted by atomic mass is 16.5. The third kappa shape index (κ3) is 3.05. The molecule has 2 aliphatic rings. The van der Waals surface area contributed by atoms with Crippen LogP contribution in [0, 0.1) is 0 Å². The summed E-state index contributed by atoms with van der Waals surface area (Å²) in [5.41, 5.74) is 6.37. The highest BCUT2D eigenvalue weighted by molar-refractivity contribution is 4.97. The zero-order valence-corrected chi connectivity index (χ0v) is 12.0. The monoisotopic (exact) mass is 255 g/mol. The Hall–Kier alpha value is -0.160. The van der Waals surface area contributed by atoms with Crippen molar-refractivity contribution in [1.82, 2.24) is 9.80 Å². The van der Waals surface area contributed by atoms with Crippen LogP contribution in [0.2, 0.25) is 0 Å². The van der Waals surface area contributed by atoms with Gasteiger partial charge in [0.1, 0.15) is 0 Å². The van der Waals surface area contributed by atoms with Crippen LogP contribution in [0.25, 0.3) is 0 Å². The summed E-state index contributed by atoms with van der Waals surface area (Å²) in [6, 6.07) is 0. The lowest BCUT2D eigenvalue weighted by atomic mass is 9.85. The van der Waals surface area contributed by atoms with Gasteiger partial charge in [0.25, 0.3) is 0 Å². The second-order valence-electron chi connectivity index (χ2n) is 5.90. The van der Waals surface area contributed by atoms with E-state index in [0.29, 0.717) is 6.10 Å². The van der Waals surface area contributed by atoms with E-state index in [1.807, 2.05) is 0 Å². The molecule has 0 aromatic rings. The van der Waals surface area contributed by atoms with Crippen molar-refractivity contribution in [1.29, 1.82) is 0 Å². The standard InChI is InChI=1S/C14H29N3O/c1-3-6-16-7-4-14(12-15,5-8-16)17-9-10-18-13(2)11-17/h13H,3-12,15H2,1-2H3. The highest BCUT2D eigenvalue weighted by Crippen LogP contribution is 2.29. The second kappa shape index (κ2) is 6.33. The molecule has 4 nitrogen and oxygen atoms in total. The fourth-order valence-corrected chi connectivity index (χ4v) is 3.41. The molecule has 2 fully saturated rings. The molecule has 2 heterocycles. The fraction of sp³-hybridized carbons (Fsp3) is 1.00. The number of nitrogens with two attached hydrogens (primary N) is 1. The molecule has 0 bridgehead atoms. The molecular formula is C14H29N3O. The summed E-state index contributed by atoms with van der Waals surface area (Å²) in [6.45, 7) is 11.8. The Morgan fingerprint density at radius 3 is 2.56 bits per heavy atom. The van der Waals surface area contributed by atoms with Gasteiger partial charge in [-0.15, -0.1) is 0 Å². The van der Waals surface area contributed by atoms with Gasteiger partial charge in [-0.05, 0) is 45.8 Å². The molecule has 18 heavy (non-hydrogen) atoms. The highest BCUT2D eigenvalue weighted by Gasteiger charge is 2.40. The van der Waals surface area contributed by atoms with Crippen LogP contribution in [0.1, 0.15) is 33.1 Å². The van der Waals surface area contributed by atoms with Gasteiger partial charge in [-0.1, -0.05) is 6.92 Å². The predicted octanol–water partition coefficient (Wildman–Crippen LogP) is 0.910. The fourth-order valence-electron chi connectivity index (χ4n) is 3.41. The Morgan fingerprint density at radius 1 is 1.28 bits per heavy atom. The summed E-state index contributed by atoms with van der Waals surface area (Å²) in [5.74, 6) is 0. The van der Waals surface area contributed by atoms with Gasteiger partial charge in [-0.25, -0.2) is 0 Å². The van der Waals surface area contributed by atoms with Gasteiger partial charge in [0.05, 0.1) is 12.7 Å². The predicted molar refractivity (Wildman–Crippen MR) is 74.7 cm³/mol. The van der Waals surface area contributed by atoms with Crippen LogP contribution in [0.4, 0.5) is 0 Å². The van der Waals surface area contributed by atoms with Gasteiger partial charge in [0.15, 0.2) is 0 Å². The largest absolute Gasteiger partial charge is 0.376 e. The van der Waals surface area contributed by atoms with E-state index in [4.69, 9.17) is 10.5 Å². The van der Waals surface area contributed by atoms with Crippen LogP contribution in [0.15, 0.2) is 0 Å². The summed E-state index contributed by atoms with van der Waals surface area (Å²) >= 11 is 0. The number of ether oxygens (including phenoxy) is 1. The van der Waals surface area contributed by atoms with E-state index in [-0.39, 0.29) is 5.54 Å². The Labute approximate surface area is 111 Å². The summed E-state index contributed by atoms with van der Waals surface area (Å²) in [4.78, 5) is 5.18. The molecule has 0 aromatic heterocycles. The molecule has 1 atom stereocenters. The van der Waals surface area contributed by atoms with Gasteiger partial charge >= 0.3 is 0 Å². The number of rotatable bonds is 4. The Balaban J connectivity index is 1.95. The number of hydrogen-bond acceptors (Lipinski definition) is 4. The van der Waals surface area contributed by atoms with Crippen molar-refractivity contribution in [2.45, 2.75) is 44.8 Å². The van der Waals surface area contributed by atoms with Crippen LogP contribution in [-0.4, -0.2) is 67.3 Å². The lowest BCUT2D eigenvalue weighted by Crippen LogP contribution is -2.62. The first kappa shape index (κ1) is 14.3. The topological polar surface area (TPSA) is 41.7 Å². The summed E-state index contributed by atoms with van der Waals surface area (Å²) < 4.78 is 5.66. The first-order valence-electron chi connectivity index (χ1n) is 7.49. The van der Waals surface area contributed by atoms with E-state index in [1.165, 1.54) is 38.9 Å². The normalized spacial score (nSPS) is 30.5. The first-order chi connectivity index (χ1) is 8.70. The SMILES string of the molecule is CCCN1CCC(CN)(N2CCOC(C)C2)CC1. The van der Waals surface area contributed by atoms with Crippen molar-refractivity contribution in [3.05, 3.63) is 0 Å². The van der Waals surface area contributed by atoms with Crippen LogP contribution in [0.5, 0.6) is 0 Å². The summed E-state index contributed by atoms with van der Waals surface area (Å²) in [7, 11) is 0. The lowest BCUT2D eigenvalue weighted by Gasteiger charge is -2.50. The molecule has 0 amide bonds. The summed E-state index contributed by atoms with van der Waals surface area (Å²) in [5, 5.41) is 0. The van der Waals surface area contributed by atoms with Crippen molar-refractivity contribution < 1.29 is 4.74 Å². The minimum atomic E-state index is 0.238. The maximum Gasteiger partial charge on any atom is 0.0674 e. The zero-order valence-electron chi connectivity index (χ0n) is 12.0. The molecule has 2 aliphatic heterocycles. The van der Waals surface area contributed by atoms with Crippen LogP contribution < -0.4 is 5.73 Å². The molecule has 2 saturated heterocycles. The minimum Gasteiger partial charge on any atom is -0.376 e. The third-order valence-electron chi connectivity index (χ3n) is 4.62. The Kier molecular flexibility index (Phi) is 5.01. The number of hydrogen-bond donors (Lipinski definition) is 1. The number of morpholine rings is 1. The average Bonchev–Trinajstić information content (AvgIpc) is 2.40. The smallest absolute Gasteiger partial charge is 0.0674 e. The van der Waals surface area contributed by atoms with Gasteiger partial charge in [-0.3, -0.25) is 4.90 Å². The second-order valence-corrected chi connectivity index (χ2v) is 5.90. The molecule has 2 N–H and O–H groups in total. The molecule has 0 saturated carbocycles. The number of likely N-dealkylation sites (tertiary alicyclic amines) is 1. The average molecular weight is 255 g/mol. The molecule has 0 aromatic carbocycles. The Morgan fingerprint density at radius 2 is 2.00 bits per heavy atom. The molecule has 2 rings (SSSR count). The van der Waals surface area contributed by atoms with E-state index >= 15 is 0 Å². The van der Waals surface area contributed by atoms with Gasteiger partial charge in [-0.2, -0.15) is 0 Å². The van der Waals surface area contributed by atoms with Gasteiger partial charge in [0, 0.05) is 25.2 Å². The van der Waals surface area contributed by atoms with E-state index < -0.39 is 0 Å². The van der Waals surface area contributed by atoms with Crippen molar-refractivity contribution in [2.75, 3.05) is 45.9 Å². The van der Waals surface area contributed by atoms with Crippen LogP contribution in [-0.2, 0) is 4.74 Å². The maximum absolute atomic E-state index is 6.13. The molecule has 1 unspecified atom stereocenters. The van der Waals surface area contributed by atoms with E-state index in [2.05, 4.69) is 23.6 Å². The zero-order chi connectivity index (χ0) is 13.0. The molecule has 0 spiro atoms. The molecule has 0 aliphatic carbocycles. The molecule has 106 valence electrons. The minimum absolute atomic E-state index is 0.238. The van der Waals surface area contributed by atoms with Crippen molar-refractivity contribution >= 4 is 0 Å². The van der Waals surface area contributed by atoms with Crippen LogP contribution >= 0.6 is 0 Å². The summed E-state index contributed by atoms with van der Waals surface area (Å²) in [6.07, 6.45) is 4.05. The van der Waals surface area contributed by atoms with E-state index in [9.17, 15) is 0 Å². The van der Waals surface area contributed by atoms with Crippen LogP contribution in [0.3, 0.4) is 0 Å². The van der Waals surface area contributed by atoms with Crippen molar-refractivity contribution in [3.8, 4) is 0 Å². The molecule has 4 heteroatoms. The quantitative estimate of drug-likeness (QED) is 0.811. The molecule has 0 radical (unpaired) electrons. The van der Waals surface area contributed by atoms with Gasteiger partial charge in [0.2, 0.25) is 0 Å². The van der Waals surface area contributed by atoms with Crippen molar-refractivity contribution in [2.24, 2.45) is 5.73 Å². The maximum atomic E-state index is 6.13. The van der Waals surface area contributed by atoms with E-state index in [0.717, 1.165) is 26.2 Å². The third-order valence-corrected chi connectivity index (χ3v) is 4.62. The van der Waals surface area contributed by atoms with Gasteiger partial charge < -0.3 is 15.4 Å². The Bertz CT molecular complexity index is 251. The number of piperidine rings is 1. The number of nitrogens with zero attached hydrogens (tertiary/aromatic N) is 2. The van der Waals surface area contributed by atoms with E-state index in [1.54, 1.807) is 0 Å². The molecular weight excluding hydrogens is 226 g/mol.